The fourth-order valence-corrected chi connectivity index (χ4v) is 10.7. The summed E-state index contributed by atoms with van der Waals surface area (Å²) in [6.07, 6.45) is 4.20. The van der Waals surface area contributed by atoms with E-state index < -0.39 is 11.7 Å². The van der Waals surface area contributed by atoms with E-state index in [1.54, 1.807) is 48.8 Å². The number of nitrogens with zero attached hydrogens (tertiary/aromatic N) is 4. The van der Waals surface area contributed by atoms with E-state index in [0.717, 1.165) is 79.1 Å². The number of aliphatic hydroxyl groups excluding tert-OH is 1. The van der Waals surface area contributed by atoms with E-state index in [1.807, 2.05) is 77.7 Å². The maximum absolute atomic E-state index is 14.2. The standard InChI is InChI=1S/C33H29FN4O3.C26H23FN4O3.C3H9ISi/c34-23-11-10-22-12-14-35-32(26(22)16-23)38-15-13-28(30(19-38)40-20-21-6-2-1-3-7-21)36-18-24-17-27-31(37-24)25-8-4-5-9-29(25)41-33(27)39;27-16-6-5-15-7-9-28-25(19(15)11-16)31-10-8-21(22(32)14-31)29-13-17-12-20-24(30-17)18-3-1-2-4-23(18)34-26(20)33;1-5(2,3)4/h1-12,14,16-17,28,30,36-37H,13,15,18-20H2;1-7,9,11-12,21-22,29-30,32H,8,10,13-14H2;1-3H3. The third-order valence-corrected chi connectivity index (χ3v) is 14.5. The molecular weight excluding hydrogens is 1150 g/mol. The predicted octanol–water partition coefficient (Wildman–Crippen LogP) is 11.9. The van der Waals surface area contributed by atoms with E-state index in [9.17, 15) is 23.5 Å². The minimum atomic E-state index is -0.641. The molecule has 0 saturated carbocycles. The number of nitrogens with one attached hydrogen (secondary N) is 4. The molecule has 5 N–H and O–H groups in total. The Balaban J connectivity index is 0.000000158. The molecule has 6 aromatic heterocycles. The Morgan fingerprint density at radius 1 is 0.625 bits per heavy atom. The number of ether oxygens (including phenoxy) is 1. The molecule has 0 aliphatic carbocycles. The van der Waals surface area contributed by atoms with Gasteiger partial charge in [-0.2, -0.15) is 0 Å². The number of H-pyrrole nitrogens is 2. The van der Waals surface area contributed by atoms with Crippen LogP contribution in [0.2, 0.25) is 19.6 Å². The summed E-state index contributed by atoms with van der Waals surface area (Å²) < 4.78 is 45.5. The molecule has 0 bridgehead atoms. The van der Waals surface area contributed by atoms with Crippen LogP contribution in [0, 0.1) is 11.6 Å². The number of fused-ring (bicyclic) bond motifs is 8. The van der Waals surface area contributed by atoms with Crippen molar-refractivity contribution >= 4 is 104 Å². The first-order valence-corrected chi connectivity index (χ1v) is 33.4. The molecule has 14 nitrogen and oxygen atoms in total. The van der Waals surface area contributed by atoms with Crippen molar-refractivity contribution in [3.05, 3.63) is 201 Å². The van der Waals surface area contributed by atoms with Crippen LogP contribution in [-0.2, 0) is 24.4 Å². The summed E-state index contributed by atoms with van der Waals surface area (Å²) in [7, 11) is 0. The fourth-order valence-electron chi connectivity index (χ4n) is 10.7. The number of β-amino-alcohol motifs (C(OH)–C–C–N with tert-alkyl or cyclic N) is 1. The summed E-state index contributed by atoms with van der Waals surface area (Å²) in [5.41, 5.74) is 4.14. The van der Waals surface area contributed by atoms with E-state index in [0.29, 0.717) is 73.5 Å². The number of hydrogen-bond acceptors (Lipinski definition) is 12. The van der Waals surface area contributed by atoms with E-state index >= 15 is 0 Å². The molecule has 2 fully saturated rings. The molecule has 18 heteroatoms. The van der Waals surface area contributed by atoms with E-state index in [-0.39, 0.29) is 41.1 Å². The minimum absolute atomic E-state index is 0.0567. The first-order valence-electron chi connectivity index (χ1n) is 26.8. The van der Waals surface area contributed by atoms with Crippen LogP contribution in [0.1, 0.15) is 29.8 Å². The van der Waals surface area contributed by atoms with E-state index in [1.165, 1.54) is 18.2 Å². The number of aromatic amines is 2. The van der Waals surface area contributed by atoms with Crippen LogP contribution in [-0.4, -0.2) is 81.1 Å². The minimum Gasteiger partial charge on any atom is -0.422 e. The molecule has 0 spiro atoms. The molecule has 11 aromatic rings. The highest BCUT2D eigenvalue weighted by atomic mass is 127. The van der Waals surface area contributed by atoms with Crippen LogP contribution in [0.3, 0.4) is 0 Å². The van der Waals surface area contributed by atoms with Gasteiger partial charge in [-0.3, -0.25) is 0 Å². The third-order valence-electron chi connectivity index (χ3n) is 14.5. The van der Waals surface area contributed by atoms with E-state index in [2.05, 4.69) is 89.0 Å². The quantitative estimate of drug-likeness (QED) is 0.0359. The lowest BCUT2D eigenvalue weighted by molar-refractivity contribution is 0.00887. The molecule has 5 aromatic carbocycles. The average molecular weight is 1210 g/mol. The number of aliphatic hydroxyl groups is 1. The zero-order valence-corrected chi connectivity index (χ0v) is 47.7. The van der Waals surface area contributed by atoms with Gasteiger partial charge in [-0.15, -0.1) is 21.8 Å². The topological polar surface area (TPSA) is 178 Å². The molecule has 2 saturated heterocycles. The second-order valence-electron chi connectivity index (χ2n) is 21.4. The van der Waals surface area contributed by atoms with Gasteiger partial charge in [-0.25, -0.2) is 28.3 Å². The fraction of sp³-hybridized carbons (Fsp3) is 0.258. The molecule has 4 atom stereocenters. The van der Waals surface area contributed by atoms with Gasteiger partial charge in [0, 0.05) is 96.7 Å². The van der Waals surface area contributed by atoms with Gasteiger partial charge in [0.15, 0.2) is 0 Å². The molecule has 2 aliphatic rings. The number of anilines is 2. The highest BCUT2D eigenvalue weighted by molar-refractivity contribution is 14.1. The molecule has 80 heavy (non-hydrogen) atoms. The molecular formula is C62H61F2IN8O6Si. The van der Waals surface area contributed by atoms with Crippen molar-refractivity contribution in [3.63, 3.8) is 0 Å². The van der Waals surface area contributed by atoms with Crippen molar-refractivity contribution < 1.29 is 27.5 Å². The third kappa shape index (κ3) is 12.5. The number of hydrogen-bond donors (Lipinski definition) is 5. The highest BCUT2D eigenvalue weighted by Crippen LogP contribution is 2.31. The summed E-state index contributed by atoms with van der Waals surface area (Å²) in [5.74, 6) is 0.867. The van der Waals surface area contributed by atoms with Crippen LogP contribution in [0.5, 0.6) is 0 Å². The normalized spacial score (nSPS) is 17.7. The molecule has 0 radical (unpaired) electrons. The summed E-state index contributed by atoms with van der Waals surface area (Å²) in [5, 5.41) is 24.1. The summed E-state index contributed by atoms with van der Waals surface area (Å²) in [6, 6.07) is 41.9. The van der Waals surface area contributed by atoms with Crippen LogP contribution < -0.4 is 31.7 Å². The Morgan fingerprint density at radius 3 is 1.62 bits per heavy atom. The van der Waals surface area contributed by atoms with Gasteiger partial charge in [-0.1, -0.05) is 86.4 Å². The highest BCUT2D eigenvalue weighted by Gasteiger charge is 2.32. The lowest BCUT2D eigenvalue weighted by atomic mass is 10.0. The second kappa shape index (κ2) is 23.8. The van der Waals surface area contributed by atoms with Crippen LogP contribution in [0.25, 0.3) is 65.3 Å². The first-order chi connectivity index (χ1) is 38.7. The maximum atomic E-state index is 14.2. The maximum Gasteiger partial charge on any atom is 0.345 e. The van der Waals surface area contributed by atoms with Crippen molar-refractivity contribution in [2.45, 2.75) is 76.5 Å². The van der Waals surface area contributed by atoms with Gasteiger partial charge < -0.3 is 49.1 Å². The number of aromatic nitrogens is 4. The SMILES string of the molecule is C[Si](C)(C)I.O=c1oc2ccccc2c2[nH]c(CNC3CCN(c4nccc5ccc(F)cc45)CC3O)cc12.O=c1oc2ccccc2c2[nH]c(CNC3CCN(c4nccc5ccc(F)cc45)CC3OCc3ccccc3)cc12. The largest absolute Gasteiger partial charge is 0.422 e. The smallest absolute Gasteiger partial charge is 0.345 e. The number of halogens is 3. The summed E-state index contributed by atoms with van der Waals surface area (Å²) in [4.78, 5) is 45.0. The second-order valence-corrected chi connectivity index (χ2v) is 35.2. The Kier molecular flexibility index (Phi) is 16.2. The molecule has 8 heterocycles. The van der Waals surface area contributed by atoms with Crippen molar-refractivity contribution in [3.8, 4) is 0 Å². The van der Waals surface area contributed by atoms with Gasteiger partial charge in [0.05, 0.1) is 40.6 Å². The number of pyridine rings is 2. The van der Waals surface area contributed by atoms with Crippen LogP contribution in [0.15, 0.2) is 170 Å². The molecule has 0 amide bonds. The van der Waals surface area contributed by atoms with Crippen molar-refractivity contribution in [2.24, 2.45) is 0 Å². The Bertz CT molecular complexity index is 4110. The lowest BCUT2D eigenvalue weighted by Gasteiger charge is -2.39. The molecule has 410 valence electrons. The molecule has 2 aliphatic heterocycles. The predicted molar refractivity (Wildman–Crippen MR) is 325 cm³/mol. The van der Waals surface area contributed by atoms with Gasteiger partial charge in [0.25, 0.3) is 0 Å². The zero-order valence-electron chi connectivity index (χ0n) is 44.5. The summed E-state index contributed by atoms with van der Waals surface area (Å²) >= 11 is 2.52. The van der Waals surface area contributed by atoms with Gasteiger partial charge in [0.1, 0.15) is 40.0 Å². The lowest BCUT2D eigenvalue weighted by Crippen LogP contribution is -2.53. The zero-order chi connectivity index (χ0) is 55.5. The number of para-hydroxylation sites is 2. The molecule has 4 unspecified atom stereocenters. The van der Waals surface area contributed by atoms with Crippen molar-refractivity contribution in [1.29, 1.82) is 0 Å². The van der Waals surface area contributed by atoms with Crippen LogP contribution in [0.4, 0.5) is 20.4 Å². The summed E-state index contributed by atoms with van der Waals surface area (Å²) in [6.45, 7) is 10.8. The van der Waals surface area contributed by atoms with Gasteiger partial charge >= 0.3 is 11.3 Å². The Labute approximate surface area is 473 Å². The van der Waals surface area contributed by atoms with Crippen LogP contribution >= 0.6 is 21.8 Å². The number of piperidine rings is 2. The van der Waals surface area contributed by atoms with Gasteiger partial charge in [-0.05, 0) is 102 Å². The number of benzene rings is 5. The first kappa shape index (κ1) is 54.6. The molecule has 13 rings (SSSR count). The van der Waals surface area contributed by atoms with Crippen molar-refractivity contribution in [2.75, 3.05) is 36.0 Å². The monoisotopic (exact) mass is 1210 g/mol. The van der Waals surface area contributed by atoms with Gasteiger partial charge in [0.2, 0.25) is 0 Å². The van der Waals surface area contributed by atoms with E-state index in [4.69, 9.17) is 13.6 Å². The Morgan fingerprint density at radius 2 is 1.10 bits per heavy atom. The Hall–Kier alpha value is -7.33. The number of rotatable bonds is 11. The average Bonchev–Trinajstić information content (AvgIpc) is 4.17. The van der Waals surface area contributed by atoms with Crippen molar-refractivity contribution in [1.82, 2.24) is 30.6 Å².